The van der Waals surface area contributed by atoms with Gasteiger partial charge in [-0.05, 0) is 52.3 Å². The largest absolute Gasteiger partial charge is 0.463 e. The van der Waals surface area contributed by atoms with Crippen LogP contribution in [0.5, 0.6) is 0 Å². The Morgan fingerprint density at radius 2 is 2.06 bits per heavy atom. The van der Waals surface area contributed by atoms with E-state index < -0.39 is 23.6 Å². The average molecular weight is 424 g/mol. The molecule has 9 nitrogen and oxygen atoms in total. The van der Waals surface area contributed by atoms with Crippen LogP contribution in [-0.2, 0) is 19.0 Å². The van der Waals surface area contributed by atoms with Crippen molar-refractivity contribution in [2.75, 3.05) is 6.61 Å². The zero-order valence-corrected chi connectivity index (χ0v) is 18.1. The normalized spacial score (nSPS) is 16.7. The minimum Gasteiger partial charge on any atom is -0.463 e. The minimum absolute atomic E-state index is 0.0670. The van der Waals surface area contributed by atoms with Crippen LogP contribution in [0.15, 0.2) is 47.2 Å². The maximum Gasteiger partial charge on any atom is 0.435 e. The quantitative estimate of drug-likeness (QED) is 0.742. The van der Waals surface area contributed by atoms with E-state index in [1.165, 1.54) is 6.20 Å². The van der Waals surface area contributed by atoms with Gasteiger partial charge < -0.3 is 19.9 Å². The number of nitriles is 1. The van der Waals surface area contributed by atoms with Gasteiger partial charge in [0.25, 0.3) is 0 Å². The molecule has 3 rings (SSSR count). The number of allylic oxidation sites excluding steroid dienone is 2. The van der Waals surface area contributed by atoms with E-state index in [2.05, 4.69) is 5.10 Å². The first-order chi connectivity index (χ1) is 14.6. The molecular formula is C22H24N4O5. The van der Waals surface area contributed by atoms with Crippen LogP contribution < -0.4 is 5.73 Å². The molecule has 2 aromatic rings. The van der Waals surface area contributed by atoms with Gasteiger partial charge in [0.1, 0.15) is 23.0 Å². The lowest BCUT2D eigenvalue weighted by Crippen LogP contribution is -2.27. The number of ether oxygens (including phenoxy) is 3. The highest BCUT2D eigenvalue weighted by Gasteiger charge is 2.36. The molecule has 0 saturated heterocycles. The van der Waals surface area contributed by atoms with E-state index in [9.17, 15) is 14.9 Å². The fourth-order valence-corrected chi connectivity index (χ4v) is 3.37. The molecule has 31 heavy (non-hydrogen) atoms. The first-order valence-corrected chi connectivity index (χ1v) is 9.74. The molecule has 0 bridgehead atoms. The molecule has 0 fully saturated rings. The predicted octanol–water partition coefficient (Wildman–Crippen LogP) is 3.46. The molecule has 0 amide bonds. The van der Waals surface area contributed by atoms with Crippen LogP contribution in [0.1, 0.15) is 46.1 Å². The zero-order chi connectivity index (χ0) is 22.9. The summed E-state index contributed by atoms with van der Waals surface area (Å²) in [4.78, 5) is 25.1. The Hall–Kier alpha value is -3.80. The van der Waals surface area contributed by atoms with Crippen molar-refractivity contribution >= 4 is 23.0 Å². The van der Waals surface area contributed by atoms with Crippen molar-refractivity contribution in [2.45, 2.75) is 46.1 Å². The number of esters is 1. The van der Waals surface area contributed by atoms with Gasteiger partial charge in [-0.2, -0.15) is 15.0 Å². The molecule has 0 spiro atoms. The summed E-state index contributed by atoms with van der Waals surface area (Å²) < 4.78 is 17.1. The van der Waals surface area contributed by atoms with Gasteiger partial charge in [-0.1, -0.05) is 6.07 Å². The van der Waals surface area contributed by atoms with Gasteiger partial charge in [0.2, 0.25) is 5.88 Å². The van der Waals surface area contributed by atoms with Gasteiger partial charge in [-0.3, -0.25) is 0 Å². The summed E-state index contributed by atoms with van der Waals surface area (Å²) in [7, 11) is 0. The Labute approximate surface area is 179 Å². The third kappa shape index (κ3) is 4.23. The second-order valence-corrected chi connectivity index (χ2v) is 7.97. The molecule has 9 heteroatoms. The van der Waals surface area contributed by atoms with E-state index in [1.807, 2.05) is 6.07 Å². The van der Waals surface area contributed by atoms with Crippen LogP contribution in [0.4, 0.5) is 4.79 Å². The summed E-state index contributed by atoms with van der Waals surface area (Å²) >= 11 is 0. The standard InChI is InChI=1S/C22H24N4O5/c1-6-29-20(27)17-12(2)30-19(24)15(10-23)18(17)13-7-8-16-14(9-13)11-25-26(16)21(28)31-22(3,4)5/h7-9,11,18H,6,24H2,1-5H3. The molecule has 1 aliphatic rings. The summed E-state index contributed by atoms with van der Waals surface area (Å²) in [5, 5.41) is 14.4. The van der Waals surface area contributed by atoms with E-state index in [1.54, 1.807) is 52.8 Å². The molecule has 1 aromatic carbocycles. The number of benzene rings is 1. The molecule has 162 valence electrons. The van der Waals surface area contributed by atoms with Gasteiger partial charge in [-0.25, -0.2) is 9.59 Å². The number of rotatable bonds is 3. The molecule has 1 unspecified atom stereocenters. The Morgan fingerprint density at radius 3 is 2.68 bits per heavy atom. The van der Waals surface area contributed by atoms with Crippen LogP contribution in [0.25, 0.3) is 10.9 Å². The van der Waals surface area contributed by atoms with E-state index >= 15 is 0 Å². The number of nitrogens with two attached hydrogens (primary N) is 1. The van der Waals surface area contributed by atoms with Crippen molar-refractivity contribution in [2.24, 2.45) is 5.73 Å². The first kappa shape index (κ1) is 21.9. The number of fused-ring (bicyclic) bond motifs is 1. The second-order valence-electron chi connectivity index (χ2n) is 7.97. The Balaban J connectivity index is 2.10. The minimum atomic E-state index is -0.771. The van der Waals surface area contributed by atoms with Crippen molar-refractivity contribution in [3.63, 3.8) is 0 Å². The van der Waals surface area contributed by atoms with Crippen LogP contribution in [0, 0.1) is 11.3 Å². The number of aromatic nitrogens is 2. The fourth-order valence-electron chi connectivity index (χ4n) is 3.37. The molecule has 0 radical (unpaired) electrons. The van der Waals surface area contributed by atoms with Gasteiger partial charge in [0.15, 0.2) is 0 Å². The van der Waals surface area contributed by atoms with Crippen molar-refractivity contribution in [3.8, 4) is 6.07 Å². The SMILES string of the molecule is CCOC(=O)C1=C(C)OC(N)=C(C#N)C1c1ccc2c(cnn2C(=O)OC(C)(C)C)c1. The zero-order valence-electron chi connectivity index (χ0n) is 18.1. The molecule has 2 heterocycles. The number of carbonyl (C=O) groups is 2. The van der Waals surface area contributed by atoms with Crippen molar-refractivity contribution in [3.05, 3.63) is 52.7 Å². The van der Waals surface area contributed by atoms with Crippen LogP contribution in [0.2, 0.25) is 0 Å². The molecule has 0 saturated carbocycles. The summed E-state index contributed by atoms with van der Waals surface area (Å²) in [6.07, 6.45) is 0.910. The summed E-state index contributed by atoms with van der Waals surface area (Å²) in [5.41, 5.74) is 6.71. The van der Waals surface area contributed by atoms with Crippen molar-refractivity contribution in [1.29, 1.82) is 5.26 Å². The van der Waals surface area contributed by atoms with Gasteiger partial charge in [0.05, 0.1) is 29.8 Å². The van der Waals surface area contributed by atoms with E-state index in [0.717, 1.165) is 4.68 Å². The molecule has 2 N–H and O–H groups in total. The maximum absolute atomic E-state index is 12.6. The molecule has 1 aliphatic heterocycles. The summed E-state index contributed by atoms with van der Waals surface area (Å²) in [5.74, 6) is -1.16. The fraction of sp³-hybridized carbons (Fsp3) is 0.364. The second kappa shape index (κ2) is 8.14. The third-order valence-corrected chi connectivity index (χ3v) is 4.59. The topological polar surface area (TPSA) is 129 Å². The lowest BCUT2D eigenvalue weighted by Gasteiger charge is -2.26. The number of carbonyl (C=O) groups excluding carboxylic acids is 2. The molecular weight excluding hydrogens is 400 g/mol. The van der Waals surface area contributed by atoms with Crippen LogP contribution >= 0.6 is 0 Å². The molecule has 0 aliphatic carbocycles. The van der Waals surface area contributed by atoms with Gasteiger partial charge in [-0.15, -0.1) is 0 Å². The number of hydrogen-bond acceptors (Lipinski definition) is 8. The lowest BCUT2D eigenvalue weighted by molar-refractivity contribution is -0.139. The van der Waals surface area contributed by atoms with Crippen molar-refractivity contribution in [1.82, 2.24) is 9.78 Å². The highest BCUT2D eigenvalue weighted by atomic mass is 16.6. The predicted molar refractivity (Wildman–Crippen MR) is 111 cm³/mol. The highest BCUT2D eigenvalue weighted by Crippen LogP contribution is 2.40. The van der Waals surface area contributed by atoms with Crippen LogP contribution in [0.3, 0.4) is 0 Å². The van der Waals surface area contributed by atoms with Crippen LogP contribution in [-0.4, -0.2) is 34.1 Å². The smallest absolute Gasteiger partial charge is 0.435 e. The van der Waals surface area contributed by atoms with E-state index in [0.29, 0.717) is 16.5 Å². The molecule has 1 atom stereocenters. The maximum atomic E-state index is 12.6. The van der Waals surface area contributed by atoms with Gasteiger partial charge >= 0.3 is 12.1 Å². The van der Waals surface area contributed by atoms with E-state index in [4.69, 9.17) is 19.9 Å². The summed E-state index contributed by atoms with van der Waals surface area (Å²) in [6.45, 7) is 8.77. The van der Waals surface area contributed by atoms with Gasteiger partial charge in [0, 0.05) is 5.39 Å². The lowest BCUT2D eigenvalue weighted by atomic mass is 9.83. The Kier molecular flexibility index (Phi) is 5.75. The number of hydrogen-bond donors (Lipinski definition) is 1. The van der Waals surface area contributed by atoms with E-state index in [-0.39, 0.29) is 29.4 Å². The average Bonchev–Trinajstić information content (AvgIpc) is 3.09. The first-order valence-electron chi connectivity index (χ1n) is 9.74. The van der Waals surface area contributed by atoms with Crippen molar-refractivity contribution < 1.29 is 23.8 Å². The third-order valence-electron chi connectivity index (χ3n) is 4.59. The highest BCUT2D eigenvalue weighted by molar-refractivity contribution is 5.93. The Bertz CT molecular complexity index is 1160. The monoisotopic (exact) mass is 424 g/mol. The Morgan fingerprint density at radius 1 is 1.35 bits per heavy atom. The summed E-state index contributed by atoms with van der Waals surface area (Å²) in [6, 6.07) is 7.17. The molecule has 1 aromatic heterocycles. The number of nitrogens with zero attached hydrogens (tertiary/aromatic N) is 3.